The van der Waals surface area contributed by atoms with Gasteiger partial charge in [-0.2, -0.15) is 0 Å². The number of hydrogen-bond donors (Lipinski definition) is 1. The van der Waals surface area contributed by atoms with E-state index in [4.69, 9.17) is 0 Å². The number of thioether (sulfide) groups is 1. The van der Waals surface area contributed by atoms with E-state index in [1.54, 1.807) is 0 Å². The molecular weight excluding hydrogens is 322 g/mol. The predicted octanol–water partition coefficient (Wildman–Crippen LogP) is 8.26. The van der Waals surface area contributed by atoms with E-state index in [1.807, 2.05) is 11.8 Å². The molecule has 1 N–H and O–H groups in total. The normalized spacial score (nSPS) is 17.3. The Bertz CT molecular complexity index is 434. The van der Waals surface area contributed by atoms with E-state index in [0.717, 1.165) is 5.92 Å². The van der Waals surface area contributed by atoms with Crippen LogP contribution in [0, 0.1) is 5.92 Å². The van der Waals surface area contributed by atoms with Gasteiger partial charge in [-0.25, -0.2) is 0 Å². The van der Waals surface area contributed by atoms with Gasteiger partial charge < -0.3 is 5.32 Å². The van der Waals surface area contributed by atoms with Gasteiger partial charge >= 0.3 is 0 Å². The Labute approximate surface area is 160 Å². The van der Waals surface area contributed by atoms with Gasteiger partial charge in [0.25, 0.3) is 0 Å². The molecule has 2 rings (SSSR count). The lowest BCUT2D eigenvalue weighted by molar-refractivity contribution is 0.384. The Morgan fingerprint density at radius 2 is 1.44 bits per heavy atom. The first-order valence-corrected chi connectivity index (χ1v) is 11.7. The third kappa shape index (κ3) is 8.07. The van der Waals surface area contributed by atoms with Crippen LogP contribution in [0.15, 0.2) is 29.2 Å². The minimum Gasteiger partial charge on any atom is -0.372 e. The molecular formula is C23H39NS. The van der Waals surface area contributed by atoms with E-state index in [9.17, 15) is 0 Å². The number of nitrogens with one attached hydrogen (secondary N) is 1. The quantitative estimate of drug-likeness (QED) is 0.335. The van der Waals surface area contributed by atoms with Gasteiger partial charge in [-0.1, -0.05) is 115 Å². The number of hydrogen-bond acceptors (Lipinski definition) is 2. The fraction of sp³-hybridized carbons (Fsp3) is 0.739. The van der Waals surface area contributed by atoms with Crippen LogP contribution in [-0.2, 0) is 0 Å². The maximum atomic E-state index is 3.75. The van der Waals surface area contributed by atoms with E-state index in [0.29, 0.717) is 5.37 Å². The van der Waals surface area contributed by atoms with Crippen molar-refractivity contribution >= 4 is 17.4 Å². The van der Waals surface area contributed by atoms with Crippen LogP contribution in [0.2, 0.25) is 0 Å². The summed E-state index contributed by atoms with van der Waals surface area (Å²) in [5.41, 5.74) is 1.35. The Kier molecular flexibility index (Phi) is 10.5. The number of benzene rings is 1. The maximum absolute atomic E-state index is 3.75. The third-order valence-corrected chi connectivity index (χ3v) is 6.66. The minimum atomic E-state index is 0.591. The molecule has 1 aliphatic heterocycles. The molecule has 1 heterocycles. The molecule has 0 spiro atoms. The van der Waals surface area contributed by atoms with Gasteiger partial charge in [-0.3, -0.25) is 0 Å². The fourth-order valence-electron chi connectivity index (χ4n) is 3.91. The summed E-state index contributed by atoms with van der Waals surface area (Å²) >= 11 is 2.05. The molecule has 1 aromatic carbocycles. The van der Waals surface area contributed by atoms with Crippen LogP contribution in [0.1, 0.15) is 97.3 Å². The van der Waals surface area contributed by atoms with Gasteiger partial charge in [0.1, 0.15) is 0 Å². The molecule has 1 aromatic rings. The van der Waals surface area contributed by atoms with E-state index < -0.39 is 0 Å². The van der Waals surface area contributed by atoms with E-state index >= 15 is 0 Å². The average Bonchev–Trinajstić information content (AvgIpc) is 3.03. The van der Waals surface area contributed by atoms with Crippen LogP contribution < -0.4 is 5.32 Å². The molecule has 0 saturated carbocycles. The van der Waals surface area contributed by atoms with Crippen molar-refractivity contribution in [2.75, 3.05) is 5.32 Å². The molecule has 0 radical (unpaired) electrons. The molecule has 142 valence electrons. The zero-order chi connectivity index (χ0) is 17.7. The van der Waals surface area contributed by atoms with Crippen LogP contribution in [0.3, 0.4) is 0 Å². The largest absolute Gasteiger partial charge is 0.372 e. The molecule has 1 nitrogen and oxygen atoms in total. The fourth-order valence-corrected chi connectivity index (χ4v) is 5.18. The highest BCUT2D eigenvalue weighted by atomic mass is 32.2. The molecule has 0 fully saturated rings. The first-order valence-electron chi connectivity index (χ1n) is 10.9. The summed E-state index contributed by atoms with van der Waals surface area (Å²) in [5.74, 6) is 0.905. The predicted molar refractivity (Wildman–Crippen MR) is 115 cm³/mol. The molecule has 1 aliphatic rings. The van der Waals surface area contributed by atoms with Crippen molar-refractivity contribution in [1.29, 1.82) is 0 Å². The molecule has 0 bridgehead atoms. The van der Waals surface area contributed by atoms with Crippen LogP contribution in [0.4, 0.5) is 5.69 Å². The summed E-state index contributed by atoms with van der Waals surface area (Å²) in [6.45, 7) is 4.61. The van der Waals surface area contributed by atoms with Crippen molar-refractivity contribution in [1.82, 2.24) is 0 Å². The topological polar surface area (TPSA) is 12.0 Å². The van der Waals surface area contributed by atoms with Crippen LogP contribution in [0.25, 0.3) is 0 Å². The molecule has 25 heavy (non-hydrogen) atoms. The summed E-state index contributed by atoms with van der Waals surface area (Å²) in [5, 5.41) is 4.34. The summed E-state index contributed by atoms with van der Waals surface area (Å²) in [7, 11) is 0. The highest BCUT2D eigenvalue weighted by molar-refractivity contribution is 8.00. The standard InChI is InChI=1S/C23H39NS/c1-3-5-7-9-10-12-16-20(15-11-8-6-4-2)19-23-24-21-17-13-14-18-22(21)25-23/h13-14,17-18,20,23-24H,3-12,15-16,19H2,1-2H3. The third-order valence-electron chi connectivity index (χ3n) is 5.45. The number of unbranched alkanes of at least 4 members (excludes halogenated alkanes) is 8. The van der Waals surface area contributed by atoms with Gasteiger partial charge in [-0.15, -0.1) is 0 Å². The van der Waals surface area contributed by atoms with Gasteiger partial charge in [0.05, 0.1) is 5.37 Å². The van der Waals surface area contributed by atoms with Gasteiger partial charge in [0.2, 0.25) is 0 Å². The Hall–Kier alpha value is -0.630. The second-order valence-corrected chi connectivity index (χ2v) is 9.00. The highest BCUT2D eigenvalue weighted by Gasteiger charge is 2.23. The Morgan fingerprint density at radius 3 is 2.12 bits per heavy atom. The number of rotatable bonds is 14. The number of para-hydroxylation sites is 1. The van der Waals surface area contributed by atoms with Crippen LogP contribution in [-0.4, -0.2) is 5.37 Å². The Morgan fingerprint density at radius 1 is 0.840 bits per heavy atom. The maximum Gasteiger partial charge on any atom is 0.0772 e. The lowest BCUT2D eigenvalue weighted by Crippen LogP contribution is -2.16. The monoisotopic (exact) mass is 361 g/mol. The minimum absolute atomic E-state index is 0.591. The van der Waals surface area contributed by atoms with Crippen molar-refractivity contribution in [2.45, 2.75) is 108 Å². The van der Waals surface area contributed by atoms with Gasteiger partial charge in [0, 0.05) is 10.6 Å². The molecule has 0 saturated heterocycles. The lowest BCUT2D eigenvalue weighted by atomic mass is 9.91. The van der Waals surface area contributed by atoms with Crippen molar-refractivity contribution in [3.8, 4) is 0 Å². The molecule has 0 aromatic heterocycles. The average molecular weight is 362 g/mol. The summed E-state index contributed by atoms with van der Waals surface area (Å²) < 4.78 is 0. The van der Waals surface area contributed by atoms with Crippen molar-refractivity contribution in [3.63, 3.8) is 0 Å². The van der Waals surface area contributed by atoms with Crippen molar-refractivity contribution in [3.05, 3.63) is 24.3 Å². The van der Waals surface area contributed by atoms with Crippen molar-refractivity contribution in [2.24, 2.45) is 5.92 Å². The molecule has 2 heteroatoms. The zero-order valence-electron chi connectivity index (χ0n) is 16.6. The summed E-state index contributed by atoms with van der Waals surface area (Å²) in [6, 6.07) is 8.80. The smallest absolute Gasteiger partial charge is 0.0772 e. The summed E-state index contributed by atoms with van der Waals surface area (Å²) in [6.07, 6.45) is 18.3. The SMILES string of the molecule is CCCCCCCCC(CCCCCC)CC1Nc2ccccc2S1. The Balaban J connectivity index is 1.72. The first-order chi connectivity index (χ1) is 12.3. The van der Waals surface area contributed by atoms with E-state index in [1.165, 1.54) is 94.1 Å². The molecule has 2 unspecified atom stereocenters. The molecule has 0 aliphatic carbocycles. The zero-order valence-corrected chi connectivity index (χ0v) is 17.4. The molecule has 2 atom stereocenters. The van der Waals surface area contributed by atoms with Crippen LogP contribution >= 0.6 is 11.8 Å². The second-order valence-electron chi connectivity index (χ2n) is 7.75. The van der Waals surface area contributed by atoms with E-state index in [-0.39, 0.29) is 0 Å². The summed E-state index contributed by atoms with van der Waals surface area (Å²) in [4.78, 5) is 1.44. The lowest BCUT2D eigenvalue weighted by Gasteiger charge is -2.21. The first kappa shape index (κ1) is 20.7. The number of anilines is 1. The number of fused-ring (bicyclic) bond motifs is 1. The van der Waals surface area contributed by atoms with Gasteiger partial charge in [-0.05, 0) is 24.5 Å². The molecule has 0 amide bonds. The van der Waals surface area contributed by atoms with Crippen molar-refractivity contribution < 1.29 is 0 Å². The second kappa shape index (κ2) is 12.7. The van der Waals surface area contributed by atoms with Crippen LogP contribution in [0.5, 0.6) is 0 Å². The highest BCUT2D eigenvalue weighted by Crippen LogP contribution is 2.41. The van der Waals surface area contributed by atoms with E-state index in [2.05, 4.69) is 43.4 Å². The van der Waals surface area contributed by atoms with Gasteiger partial charge in [0.15, 0.2) is 0 Å².